The molecule has 0 amide bonds. The smallest absolute Gasteiger partial charge is 0.159 e. The zero-order valence-electron chi connectivity index (χ0n) is 7.53. The van der Waals surface area contributed by atoms with Gasteiger partial charge in [-0.15, -0.1) is 0 Å². The number of hydrogen-bond donors (Lipinski definition) is 3. The second-order valence-electron chi connectivity index (χ2n) is 3.13. The highest BCUT2D eigenvalue weighted by Gasteiger charge is 2.16. The second-order valence-corrected chi connectivity index (χ2v) is 3.13. The summed E-state index contributed by atoms with van der Waals surface area (Å²) in [7, 11) is 0. The van der Waals surface area contributed by atoms with E-state index >= 15 is 0 Å². The lowest BCUT2D eigenvalue weighted by molar-refractivity contribution is 0.119. The minimum absolute atomic E-state index is 0.00234. The fraction of sp³-hybridized carbons (Fsp3) is 0.200. The SMILES string of the molecule is C=C(O)c1ccc2c(c1)OCC(O)N2. The van der Waals surface area contributed by atoms with Gasteiger partial charge in [0.15, 0.2) is 6.23 Å². The topological polar surface area (TPSA) is 61.7 Å². The van der Waals surface area contributed by atoms with E-state index in [-0.39, 0.29) is 12.4 Å². The summed E-state index contributed by atoms with van der Waals surface area (Å²) in [6, 6.07) is 5.11. The Morgan fingerprint density at radius 3 is 3.07 bits per heavy atom. The molecule has 1 aliphatic rings. The van der Waals surface area contributed by atoms with Gasteiger partial charge in [0.05, 0.1) is 5.69 Å². The molecule has 1 atom stereocenters. The maximum atomic E-state index is 9.23. The van der Waals surface area contributed by atoms with Crippen LogP contribution in [0.1, 0.15) is 5.56 Å². The molecule has 4 heteroatoms. The van der Waals surface area contributed by atoms with Crippen LogP contribution in [0, 0.1) is 0 Å². The van der Waals surface area contributed by atoms with Crippen LogP contribution in [0.25, 0.3) is 5.76 Å². The van der Waals surface area contributed by atoms with Crippen LogP contribution in [0.5, 0.6) is 5.75 Å². The number of fused-ring (bicyclic) bond motifs is 1. The van der Waals surface area contributed by atoms with E-state index in [1.807, 2.05) is 0 Å². The average molecular weight is 193 g/mol. The van der Waals surface area contributed by atoms with Gasteiger partial charge < -0.3 is 20.3 Å². The van der Waals surface area contributed by atoms with Gasteiger partial charge in [-0.25, -0.2) is 0 Å². The molecule has 1 heterocycles. The number of ether oxygens (including phenoxy) is 1. The molecule has 4 nitrogen and oxygen atoms in total. The second kappa shape index (κ2) is 3.23. The van der Waals surface area contributed by atoms with E-state index in [9.17, 15) is 5.11 Å². The third kappa shape index (κ3) is 1.52. The molecule has 0 saturated carbocycles. The lowest BCUT2D eigenvalue weighted by atomic mass is 10.1. The number of aliphatic hydroxyl groups excluding tert-OH is 2. The number of rotatable bonds is 1. The molecule has 0 fully saturated rings. The highest BCUT2D eigenvalue weighted by molar-refractivity contribution is 5.66. The summed E-state index contributed by atoms with van der Waals surface area (Å²) < 4.78 is 5.26. The largest absolute Gasteiger partial charge is 0.508 e. The highest BCUT2D eigenvalue weighted by atomic mass is 16.5. The molecule has 14 heavy (non-hydrogen) atoms. The van der Waals surface area contributed by atoms with Crippen molar-refractivity contribution in [3.8, 4) is 5.75 Å². The molecule has 0 aromatic heterocycles. The van der Waals surface area contributed by atoms with E-state index in [4.69, 9.17) is 9.84 Å². The van der Waals surface area contributed by atoms with Crippen LogP contribution >= 0.6 is 0 Å². The molecule has 0 radical (unpaired) electrons. The van der Waals surface area contributed by atoms with Crippen LogP contribution in [0.2, 0.25) is 0 Å². The summed E-state index contributed by atoms with van der Waals surface area (Å²) in [5.74, 6) is 0.616. The summed E-state index contributed by atoms with van der Waals surface area (Å²) in [6.45, 7) is 3.62. The highest BCUT2D eigenvalue weighted by Crippen LogP contribution is 2.30. The predicted molar refractivity (Wildman–Crippen MR) is 53.2 cm³/mol. The summed E-state index contributed by atoms with van der Waals surface area (Å²) in [4.78, 5) is 0. The van der Waals surface area contributed by atoms with Crippen LogP contribution in [0.15, 0.2) is 24.8 Å². The third-order valence-corrected chi connectivity index (χ3v) is 2.03. The van der Waals surface area contributed by atoms with Crippen molar-refractivity contribution in [1.82, 2.24) is 0 Å². The Kier molecular flexibility index (Phi) is 2.05. The monoisotopic (exact) mass is 193 g/mol. The normalized spacial score (nSPS) is 19.1. The molecule has 2 rings (SSSR count). The van der Waals surface area contributed by atoms with Crippen molar-refractivity contribution in [1.29, 1.82) is 0 Å². The molecular weight excluding hydrogens is 182 g/mol. The minimum Gasteiger partial charge on any atom is -0.508 e. The standard InChI is InChI=1S/C10H11NO3/c1-6(12)7-2-3-8-9(4-7)14-5-10(13)11-8/h2-4,10-13H,1,5H2. The minimum atomic E-state index is -0.675. The molecule has 0 bridgehead atoms. The fourth-order valence-corrected chi connectivity index (χ4v) is 1.33. The molecule has 1 aliphatic heterocycles. The zero-order valence-corrected chi connectivity index (χ0v) is 7.53. The zero-order chi connectivity index (χ0) is 10.1. The first-order valence-corrected chi connectivity index (χ1v) is 4.26. The van der Waals surface area contributed by atoms with E-state index < -0.39 is 6.23 Å². The molecule has 74 valence electrons. The van der Waals surface area contributed by atoms with Crippen molar-refractivity contribution in [2.75, 3.05) is 11.9 Å². The Bertz CT molecular complexity index is 376. The Morgan fingerprint density at radius 2 is 2.36 bits per heavy atom. The average Bonchev–Trinajstić information content (AvgIpc) is 2.16. The van der Waals surface area contributed by atoms with Crippen molar-refractivity contribution < 1.29 is 14.9 Å². The van der Waals surface area contributed by atoms with Crippen molar-refractivity contribution in [3.63, 3.8) is 0 Å². The van der Waals surface area contributed by atoms with Gasteiger partial charge in [0, 0.05) is 5.56 Å². The van der Waals surface area contributed by atoms with Gasteiger partial charge in [0.25, 0.3) is 0 Å². The molecule has 3 N–H and O–H groups in total. The third-order valence-electron chi connectivity index (χ3n) is 2.03. The Morgan fingerprint density at radius 1 is 1.57 bits per heavy atom. The Hall–Kier alpha value is -1.68. The van der Waals surface area contributed by atoms with Crippen LogP contribution in [0.4, 0.5) is 5.69 Å². The van der Waals surface area contributed by atoms with Crippen LogP contribution in [0.3, 0.4) is 0 Å². The lowest BCUT2D eigenvalue weighted by Crippen LogP contribution is -2.30. The summed E-state index contributed by atoms with van der Waals surface area (Å²) in [5, 5.41) is 21.2. The van der Waals surface area contributed by atoms with E-state index in [1.165, 1.54) is 0 Å². The molecule has 0 spiro atoms. The number of nitrogens with one attached hydrogen (secondary N) is 1. The molecule has 1 unspecified atom stereocenters. The molecule has 1 aromatic rings. The van der Waals surface area contributed by atoms with Crippen LogP contribution in [-0.2, 0) is 0 Å². The first-order chi connectivity index (χ1) is 6.66. The van der Waals surface area contributed by atoms with Crippen molar-refractivity contribution >= 4 is 11.4 Å². The van der Waals surface area contributed by atoms with Crippen molar-refractivity contribution in [2.45, 2.75) is 6.23 Å². The van der Waals surface area contributed by atoms with Gasteiger partial charge in [-0.2, -0.15) is 0 Å². The van der Waals surface area contributed by atoms with Gasteiger partial charge >= 0.3 is 0 Å². The first kappa shape index (κ1) is 8.90. The number of hydrogen-bond acceptors (Lipinski definition) is 4. The molecule has 1 aromatic carbocycles. The molecule has 0 saturated heterocycles. The van der Waals surface area contributed by atoms with Gasteiger partial charge in [-0.05, 0) is 18.2 Å². The van der Waals surface area contributed by atoms with Crippen molar-refractivity contribution in [2.24, 2.45) is 0 Å². The number of aliphatic hydroxyl groups is 2. The van der Waals surface area contributed by atoms with Crippen molar-refractivity contribution in [3.05, 3.63) is 30.3 Å². The summed E-state index contributed by atoms with van der Waals surface area (Å²) in [6.07, 6.45) is -0.675. The predicted octanol–water partition coefficient (Wildman–Crippen LogP) is 1.34. The number of anilines is 1. The fourth-order valence-electron chi connectivity index (χ4n) is 1.33. The van der Waals surface area contributed by atoms with Gasteiger partial charge in [-0.3, -0.25) is 0 Å². The van der Waals surface area contributed by atoms with E-state index in [2.05, 4.69) is 11.9 Å². The van der Waals surface area contributed by atoms with Gasteiger partial charge in [0.1, 0.15) is 18.1 Å². The Labute approximate surface area is 81.4 Å². The first-order valence-electron chi connectivity index (χ1n) is 4.26. The van der Waals surface area contributed by atoms with E-state index in [0.717, 1.165) is 0 Å². The molecular formula is C10H11NO3. The van der Waals surface area contributed by atoms with E-state index in [1.54, 1.807) is 18.2 Å². The number of benzene rings is 1. The van der Waals surface area contributed by atoms with Crippen LogP contribution in [-0.4, -0.2) is 23.0 Å². The van der Waals surface area contributed by atoms with Gasteiger partial charge in [-0.1, -0.05) is 6.58 Å². The Balaban J connectivity index is 2.36. The lowest BCUT2D eigenvalue weighted by Gasteiger charge is -2.24. The van der Waals surface area contributed by atoms with Gasteiger partial charge in [0.2, 0.25) is 0 Å². The maximum Gasteiger partial charge on any atom is 0.159 e. The van der Waals surface area contributed by atoms with E-state index in [0.29, 0.717) is 17.0 Å². The quantitative estimate of drug-likeness (QED) is 0.589. The summed E-state index contributed by atoms with van der Waals surface area (Å²) in [5.41, 5.74) is 1.33. The van der Waals surface area contributed by atoms with Crippen LogP contribution < -0.4 is 10.1 Å². The summed E-state index contributed by atoms with van der Waals surface area (Å²) >= 11 is 0. The maximum absolute atomic E-state index is 9.23. The molecule has 0 aliphatic carbocycles.